The summed E-state index contributed by atoms with van der Waals surface area (Å²) in [5.74, 6) is -0.259. The average Bonchev–Trinajstić information content (AvgIpc) is 0.793. The molecule has 2 rings (SSSR count). The predicted octanol–water partition coefficient (Wildman–Crippen LogP) is 18.4. The molecule has 12 unspecified atom stereocenters. The highest BCUT2D eigenvalue weighted by atomic mass is 16.7. The van der Waals surface area contributed by atoms with E-state index >= 15 is 0 Å². The molecule has 0 spiro atoms. The number of allylic oxidation sites excluding steroid dienone is 19. The highest BCUT2D eigenvalue weighted by Crippen LogP contribution is 2.30. The Balaban J connectivity index is 1.65. The predicted molar refractivity (Wildman–Crippen MR) is 410 cm³/mol. The summed E-state index contributed by atoms with van der Waals surface area (Å²) in [6.45, 7) is 2.69. The molecule has 0 aliphatic carbocycles. The van der Waals surface area contributed by atoms with Gasteiger partial charge in [0.2, 0.25) is 5.91 Å². The van der Waals surface area contributed by atoms with E-state index in [1.807, 2.05) is 6.08 Å². The molecule has 2 heterocycles. The summed E-state index contributed by atoms with van der Waals surface area (Å²) < 4.78 is 22.9. The van der Waals surface area contributed by atoms with Crippen LogP contribution in [0.15, 0.2) is 122 Å². The zero-order valence-electron chi connectivity index (χ0n) is 62.4. The smallest absolute Gasteiger partial charge is 0.220 e. The minimum Gasteiger partial charge on any atom is -0.394 e. The summed E-state index contributed by atoms with van der Waals surface area (Å²) in [5, 5.41) is 87.7. The zero-order chi connectivity index (χ0) is 71.5. The van der Waals surface area contributed by atoms with Gasteiger partial charge >= 0.3 is 0 Å². The van der Waals surface area contributed by atoms with Crippen LogP contribution in [0.5, 0.6) is 0 Å². The monoisotopic (exact) mass is 1390 g/mol. The van der Waals surface area contributed by atoms with Gasteiger partial charge in [-0.1, -0.05) is 334 Å². The van der Waals surface area contributed by atoms with E-state index in [1.54, 1.807) is 6.08 Å². The second kappa shape index (κ2) is 67.6. The number of carbonyl (C=O) groups is 1. The number of ether oxygens (including phenoxy) is 4. The van der Waals surface area contributed by atoms with Crippen LogP contribution in [0.4, 0.5) is 0 Å². The molecule has 99 heavy (non-hydrogen) atoms. The lowest BCUT2D eigenvalue weighted by Crippen LogP contribution is -2.65. The number of hydrogen-bond acceptors (Lipinski definition) is 13. The summed E-state index contributed by atoms with van der Waals surface area (Å²) >= 11 is 0. The lowest BCUT2D eigenvalue weighted by molar-refractivity contribution is -0.359. The van der Waals surface area contributed by atoms with Gasteiger partial charge < -0.3 is 65.1 Å². The summed E-state index contributed by atoms with van der Waals surface area (Å²) in [5.41, 5.74) is 0. The molecule has 0 aromatic heterocycles. The molecule has 570 valence electrons. The van der Waals surface area contributed by atoms with Crippen molar-refractivity contribution < 1.29 is 64.6 Å². The molecule has 2 aliphatic heterocycles. The Hall–Kier alpha value is -3.61. The molecule has 2 saturated heterocycles. The molecular formula is C85H147NO13. The van der Waals surface area contributed by atoms with Crippen LogP contribution in [-0.4, -0.2) is 140 Å². The first-order chi connectivity index (χ1) is 48.6. The molecule has 9 N–H and O–H groups in total. The minimum absolute atomic E-state index is 0.256. The van der Waals surface area contributed by atoms with E-state index in [0.717, 1.165) is 96.3 Å². The number of unbranched alkanes of at least 4 members (excludes halogenated alkanes) is 35. The van der Waals surface area contributed by atoms with Crippen molar-refractivity contribution in [3.05, 3.63) is 122 Å². The van der Waals surface area contributed by atoms with Crippen molar-refractivity contribution in [1.29, 1.82) is 0 Å². The molecule has 0 bridgehead atoms. The van der Waals surface area contributed by atoms with E-state index in [4.69, 9.17) is 18.9 Å². The second-order valence-corrected chi connectivity index (χ2v) is 27.8. The molecule has 12 atom stereocenters. The Bertz CT molecular complexity index is 2130. The van der Waals surface area contributed by atoms with E-state index < -0.39 is 86.8 Å². The van der Waals surface area contributed by atoms with Crippen molar-refractivity contribution >= 4 is 5.91 Å². The maximum Gasteiger partial charge on any atom is 0.220 e. The third-order valence-corrected chi connectivity index (χ3v) is 18.9. The zero-order valence-corrected chi connectivity index (χ0v) is 62.4. The Kier molecular flexibility index (Phi) is 62.4. The molecule has 0 saturated carbocycles. The molecule has 14 nitrogen and oxygen atoms in total. The van der Waals surface area contributed by atoms with Gasteiger partial charge in [-0.25, -0.2) is 0 Å². The van der Waals surface area contributed by atoms with Crippen molar-refractivity contribution in [1.82, 2.24) is 5.32 Å². The first-order valence-corrected chi connectivity index (χ1v) is 40.3. The Morgan fingerprint density at radius 3 is 1.11 bits per heavy atom. The van der Waals surface area contributed by atoms with Crippen LogP contribution in [0.1, 0.15) is 316 Å². The van der Waals surface area contributed by atoms with Gasteiger partial charge in [-0.3, -0.25) is 4.79 Å². The number of carbonyl (C=O) groups excluding carboxylic acids is 1. The fraction of sp³-hybridized carbons (Fsp3) is 0.753. The maximum absolute atomic E-state index is 13.4. The number of aliphatic hydroxyl groups is 8. The standard InChI is InChI=1S/C85H147NO13/c1-3-5-7-9-11-13-15-17-19-21-23-25-27-29-31-33-35-37-39-41-43-45-47-49-51-53-55-57-59-61-63-65-67-69-77(90)86-73(72-96-84-82(95)80(93)83(76(71-88)98-84)99-85-81(94)79(92)78(91)75(70-87)97-85)74(89)68-66-64-62-60-58-56-54-52-50-48-46-44-42-40-38-36-34-32-30-28-26-24-22-20-18-16-14-12-10-8-6-4-2/h5,7,11,13,17,19,23,25,29,31,35,37,41,43,47,49,58,60,66,68,73-76,78-85,87-89,91-95H,3-4,6,8-10,12,14-16,18,20-22,24,26-28,30,32-34,36,38-40,42,44-46,48,50-57,59,61-65,67,69-72H2,1-2H3,(H,86,90)/b7-5-,13-11-,19-17-,25-23-,31-29-,37-35-,43-41-,49-47-,60-58+,68-66+. The van der Waals surface area contributed by atoms with Gasteiger partial charge in [0.15, 0.2) is 12.6 Å². The normalized spacial score (nSPS) is 22.6. The number of nitrogens with one attached hydrogen (secondary N) is 1. The molecule has 2 fully saturated rings. The van der Waals surface area contributed by atoms with Crippen LogP contribution in [0.25, 0.3) is 0 Å². The van der Waals surface area contributed by atoms with E-state index in [1.165, 1.54) is 186 Å². The summed E-state index contributed by atoms with van der Waals surface area (Å²) in [4.78, 5) is 13.4. The first kappa shape index (κ1) is 91.5. The fourth-order valence-electron chi connectivity index (χ4n) is 12.6. The molecule has 0 aromatic carbocycles. The van der Waals surface area contributed by atoms with Gasteiger partial charge in [0.05, 0.1) is 32.0 Å². The SMILES string of the molecule is CC/C=C\C/C=C\C/C=C\C/C=C\C/C=C\C/C=C\C/C=C\C/C=C\CCCCCCCCCCC(=O)NC(COC1OC(CO)C(OC2OC(CO)C(O)C(O)C2O)C(O)C1O)C(O)/C=C/CC/C=C/CCCCCCCCCCCCCCCCCCCCCCCCCCCC. The van der Waals surface area contributed by atoms with Crippen molar-refractivity contribution in [3.63, 3.8) is 0 Å². The lowest BCUT2D eigenvalue weighted by Gasteiger charge is -2.46. The molecule has 1 amide bonds. The number of aliphatic hydroxyl groups excluding tert-OH is 8. The topological polar surface area (TPSA) is 228 Å². The largest absolute Gasteiger partial charge is 0.394 e. The molecule has 0 aromatic rings. The van der Waals surface area contributed by atoms with Gasteiger partial charge in [0.25, 0.3) is 0 Å². The van der Waals surface area contributed by atoms with Crippen molar-refractivity contribution in [2.24, 2.45) is 0 Å². The van der Waals surface area contributed by atoms with Crippen LogP contribution < -0.4 is 5.32 Å². The highest BCUT2D eigenvalue weighted by Gasteiger charge is 2.51. The average molecular weight is 1390 g/mol. The van der Waals surface area contributed by atoms with Gasteiger partial charge in [0.1, 0.15) is 48.8 Å². The molecule has 2 aliphatic rings. The van der Waals surface area contributed by atoms with Crippen LogP contribution in [0, 0.1) is 0 Å². The Morgan fingerprint density at radius 1 is 0.374 bits per heavy atom. The van der Waals surface area contributed by atoms with E-state index in [2.05, 4.69) is 129 Å². The van der Waals surface area contributed by atoms with Crippen molar-refractivity contribution in [2.75, 3.05) is 19.8 Å². The van der Waals surface area contributed by atoms with E-state index in [0.29, 0.717) is 12.8 Å². The summed E-state index contributed by atoms with van der Waals surface area (Å²) in [6.07, 6.45) is 82.7. The highest BCUT2D eigenvalue weighted by molar-refractivity contribution is 5.76. The van der Waals surface area contributed by atoms with E-state index in [-0.39, 0.29) is 18.9 Å². The molecule has 0 radical (unpaired) electrons. The third-order valence-electron chi connectivity index (χ3n) is 18.9. The van der Waals surface area contributed by atoms with Crippen LogP contribution in [0.2, 0.25) is 0 Å². The number of hydrogen-bond donors (Lipinski definition) is 9. The van der Waals surface area contributed by atoms with Crippen LogP contribution in [0.3, 0.4) is 0 Å². The Labute approximate surface area is 603 Å². The molecular weight excluding hydrogens is 1240 g/mol. The van der Waals surface area contributed by atoms with Gasteiger partial charge in [-0.05, 0) is 96.3 Å². The minimum atomic E-state index is -1.80. The molecule has 14 heteroatoms. The fourth-order valence-corrected chi connectivity index (χ4v) is 12.6. The maximum atomic E-state index is 13.4. The summed E-state index contributed by atoms with van der Waals surface area (Å²) in [6, 6.07) is -0.948. The summed E-state index contributed by atoms with van der Waals surface area (Å²) in [7, 11) is 0. The van der Waals surface area contributed by atoms with Gasteiger partial charge in [-0.15, -0.1) is 0 Å². The van der Waals surface area contributed by atoms with E-state index in [9.17, 15) is 45.6 Å². The van der Waals surface area contributed by atoms with Gasteiger partial charge in [0, 0.05) is 6.42 Å². The first-order valence-electron chi connectivity index (χ1n) is 40.3. The number of rotatable bonds is 66. The van der Waals surface area contributed by atoms with Crippen molar-refractivity contribution in [2.45, 2.75) is 389 Å². The number of amides is 1. The second-order valence-electron chi connectivity index (χ2n) is 27.8. The lowest BCUT2D eigenvalue weighted by atomic mass is 9.97. The van der Waals surface area contributed by atoms with Gasteiger partial charge in [-0.2, -0.15) is 0 Å². The Morgan fingerprint density at radius 2 is 0.707 bits per heavy atom. The third kappa shape index (κ3) is 50.4. The van der Waals surface area contributed by atoms with Crippen LogP contribution in [-0.2, 0) is 23.7 Å². The van der Waals surface area contributed by atoms with Crippen LogP contribution >= 0.6 is 0 Å². The van der Waals surface area contributed by atoms with Crippen molar-refractivity contribution in [3.8, 4) is 0 Å². The quantitative estimate of drug-likeness (QED) is 0.0204.